The minimum absolute atomic E-state index is 0.0866. The lowest BCUT2D eigenvalue weighted by Gasteiger charge is -2.37. The molecule has 0 spiro atoms. The molecule has 124 valence electrons. The first kappa shape index (κ1) is 16.1. The highest BCUT2D eigenvalue weighted by atomic mass is 16.3. The second-order valence-corrected chi connectivity index (χ2v) is 6.05. The third kappa shape index (κ3) is 3.14. The predicted molar refractivity (Wildman–Crippen MR) is 89.0 cm³/mol. The molecule has 24 heavy (non-hydrogen) atoms. The first-order valence-electron chi connectivity index (χ1n) is 7.82. The molecule has 1 atom stereocenters. The van der Waals surface area contributed by atoms with E-state index in [2.05, 4.69) is 4.98 Å². The van der Waals surface area contributed by atoms with Gasteiger partial charge in [-0.25, -0.2) is 0 Å². The van der Waals surface area contributed by atoms with E-state index < -0.39 is 11.5 Å². The van der Waals surface area contributed by atoms with Gasteiger partial charge in [-0.2, -0.15) is 0 Å². The number of aliphatic hydroxyl groups is 1. The fraction of sp³-hybridized carbons (Fsp3) is 0.278. The molecule has 2 amide bonds. The molecule has 2 heterocycles. The van der Waals surface area contributed by atoms with E-state index in [4.69, 9.17) is 5.73 Å². The number of aromatic nitrogens is 1. The first-order chi connectivity index (χ1) is 11.5. The monoisotopic (exact) mass is 325 g/mol. The molecule has 1 aliphatic rings. The van der Waals surface area contributed by atoms with E-state index in [0.717, 1.165) is 11.1 Å². The van der Waals surface area contributed by atoms with E-state index in [1.165, 1.54) is 11.1 Å². The Balaban J connectivity index is 1.84. The molecule has 6 heteroatoms. The predicted octanol–water partition coefficient (Wildman–Crippen LogP) is 1.20. The number of nitrogens with two attached hydrogens (primary N) is 1. The number of β-amino-alcohol motifs (C(OH)–C–C–N with tert-alkyl or cyclic N) is 1. The minimum Gasteiger partial charge on any atom is -0.378 e. The van der Waals surface area contributed by atoms with Gasteiger partial charge in [0.2, 0.25) is 0 Å². The van der Waals surface area contributed by atoms with Crippen molar-refractivity contribution in [1.82, 2.24) is 9.88 Å². The maximum Gasteiger partial charge on any atom is 0.255 e. The van der Waals surface area contributed by atoms with Crippen molar-refractivity contribution in [2.75, 3.05) is 13.1 Å². The third-order valence-electron chi connectivity index (χ3n) is 4.31. The Hall–Kier alpha value is -2.73. The number of nitrogens with zero attached hydrogens (tertiary/aromatic N) is 2. The van der Waals surface area contributed by atoms with Crippen molar-refractivity contribution < 1.29 is 14.7 Å². The number of benzene rings is 1. The molecule has 2 aromatic rings. The molecule has 3 N–H and O–H groups in total. The van der Waals surface area contributed by atoms with Crippen molar-refractivity contribution in [3.63, 3.8) is 0 Å². The minimum atomic E-state index is -1.65. The van der Waals surface area contributed by atoms with Crippen LogP contribution in [0.5, 0.6) is 0 Å². The molecule has 1 unspecified atom stereocenters. The normalized spacial score (nSPS) is 20.6. The van der Waals surface area contributed by atoms with Crippen molar-refractivity contribution in [1.29, 1.82) is 0 Å². The number of amides is 2. The summed E-state index contributed by atoms with van der Waals surface area (Å²) in [5.41, 5.74) is 5.83. The summed E-state index contributed by atoms with van der Waals surface area (Å²) in [7, 11) is 0. The van der Waals surface area contributed by atoms with Gasteiger partial charge in [-0.15, -0.1) is 0 Å². The number of likely N-dealkylation sites (tertiary alicyclic amines) is 1. The first-order valence-corrected chi connectivity index (χ1v) is 7.82. The van der Waals surface area contributed by atoms with Gasteiger partial charge in [0.05, 0.1) is 12.1 Å². The second-order valence-electron chi connectivity index (χ2n) is 6.05. The summed E-state index contributed by atoms with van der Waals surface area (Å²) in [5, 5.41) is 10.3. The van der Waals surface area contributed by atoms with Gasteiger partial charge in [0.15, 0.2) is 5.60 Å². The van der Waals surface area contributed by atoms with Crippen LogP contribution >= 0.6 is 0 Å². The van der Waals surface area contributed by atoms with Crippen LogP contribution in [0.4, 0.5) is 0 Å². The average Bonchev–Trinajstić information content (AvgIpc) is 2.62. The van der Waals surface area contributed by atoms with E-state index in [1.807, 2.05) is 30.3 Å². The molecule has 1 aromatic heterocycles. The summed E-state index contributed by atoms with van der Waals surface area (Å²) >= 11 is 0. The highest BCUT2D eigenvalue weighted by Gasteiger charge is 2.40. The fourth-order valence-corrected chi connectivity index (χ4v) is 2.94. The smallest absolute Gasteiger partial charge is 0.255 e. The van der Waals surface area contributed by atoms with E-state index >= 15 is 0 Å². The summed E-state index contributed by atoms with van der Waals surface area (Å²) in [6.07, 6.45) is 3.99. The van der Waals surface area contributed by atoms with Crippen LogP contribution in [0.2, 0.25) is 0 Å². The zero-order chi connectivity index (χ0) is 17.2. The third-order valence-corrected chi connectivity index (χ3v) is 4.31. The summed E-state index contributed by atoms with van der Waals surface area (Å²) in [4.78, 5) is 29.8. The number of primary amides is 1. The Morgan fingerprint density at radius 3 is 2.62 bits per heavy atom. The van der Waals surface area contributed by atoms with Gasteiger partial charge in [0, 0.05) is 24.5 Å². The van der Waals surface area contributed by atoms with E-state index in [1.54, 1.807) is 12.3 Å². The number of carbonyl (C=O) groups is 2. The molecule has 0 radical (unpaired) electrons. The molecular weight excluding hydrogens is 306 g/mol. The van der Waals surface area contributed by atoms with Crippen molar-refractivity contribution in [3.05, 3.63) is 54.4 Å². The standard InChI is InChI=1S/C18H19N3O3/c19-17(23)18(24)7-4-8-21(12-18)16(22)15-9-14(10-20-11-15)13-5-2-1-3-6-13/h1-3,5-6,9-11,24H,4,7-8,12H2,(H2,19,23). The highest BCUT2D eigenvalue weighted by Crippen LogP contribution is 2.24. The van der Waals surface area contributed by atoms with Crippen LogP contribution in [-0.4, -0.2) is 45.5 Å². The van der Waals surface area contributed by atoms with Crippen LogP contribution in [-0.2, 0) is 4.79 Å². The SMILES string of the molecule is NC(=O)C1(O)CCCN(C(=O)c2cncc(-c3ccccc3)c2)C1. The van der Waals surface area contributed by atoms with Gasteiger partial charge in [-0.1, -0.05) is 30.3 Å². The molecule has 1 fully saturated rings. The van der Waals surface area contributed by atoms with Gasteiger partial charge in [0.25, 0.3) is 11.8 Å². The number of rotatable bonds is 3. The largest absolute Gasteiger partial charge is 0.378 e. The quantitative estimate of drug-likeness (QED) is 0.886. The van der Waals surface area contributed by atoms with Gasteiger partial charge in [0.1, 0.15) is 0 Å². The maximum absolute atomic E-state index is 12.7. The fourth-order valence-electron chi connectivity index (χ4n) is 2.94. The lowest BCUT2D eigenvalue weighted by molar-refractivity contribution is -0.140. The Labute approximate surface area is 139 Å². The molecular formula is C18H19N3O3. The summed E-state index contributed by atoms with van der Waals surface area (Å²) in [6, 6.07) is 11.4. The molecule has 1 aromatic carbocycles. The van der Waals surface area contributed by atoms with Crippen molar-refractivity contribution in [2.45, 2.75) is 18.4 Å². The Morgan fingerprint density at radius 2 is 1.92 bits per heavy atom. The Kier molecular flexibility index (Phi) is 4.31. The van der Waals surface area contributed by atoms with Crippen LogP contribution in [0, 0.1) is 0 Å². The van der Waals surface area contributed by atoms with Crippen LogP contribution in [0.25, 0.3) is 11.1 Å². The second kappa shape index (κ2) is 6.41. The van der Waals surface area contributed by atoms with Crippen molar-refractivity contribution >= 4 is 11.8 Å². The van der Waals surface area contributed by atoms with Gasteiger partial charge in [-0.05, 0) is 24.5 Å². The van der Waals surface area contributed by atoms with Gasteiger partial charge < -0.3 is 15.7 Å². The Morgan fingerprint density at radius 1 is 1.17 bits per heavy atom. The number of carbonyl (C=O) groups excluding carboxylic acids is 2. The number of hydrogen-bond acceptors (Lipinski definition) is 4. The van der Waals surface area contributed by atoms with E-state index in [-0.39, 0.29) is 18.9 Å². The van der Waals surface area contributed by atoms with Gasteiger partial charge in [-0.3, -0.25) is 14.6 Å². The lowest BCUT2D eigenvalue weighted by atomic mass is 9.92. The average molecular weight is 325 g/mol. The highest BCUT2D eigenvalue weighted by molar-refractivity contribution is 5.96. The Bertz CT molecular complexity index is 763. The summed E-state index contributed by atoms with van der Waals surface area (Å²) < 4.78 is 0. The molecule has 0 saturated carbocycles. The molecule has 0 bridgehead atoms. The zero-order valence-corrected chi connectivity index (χ0v) is 13.2. The molecule has 0 aliphatic carbocycles. The van der Waals surface area contributed by atoms with Crippen LogP contribution < -0.4 is 5.73 Å². The van der Waals surface area contributed by atoms with Crippen molar-refractivity contribution in [3.8, 4) is 11.1 Å². The molecule has 1 saturated heterocycles. The lowest BCUT2D eigenvalue weighted by Crippen LogP contribution is -2.57. The van der Waals surface area contributed by atoms with Crippen LogP contribution in [0.15, 0.2) is 48.8 Å². The summed E-state index contributed by atoms with van der Waals surface area (Å²) in [5.74, 6) is -1.06. The topological polar surface area (TPSA) is 96.5 Å². The van der Waals surface area contributed by atoms with Crippen LogP contribution in [0.3, 0.4) is 0 Å². The van der Waals surface area contributed by atoms with Gasteiger partial charge >= 0.3 is 0 Å². The molecule has 3 rings (SSSR count). The number of piperidine rings is 1. The maximum atomic E-state index is 12.7. The summed E-state index contributed by atoms with van der Waals surface area (Å²) in [6.45, 7) is 0.390. The molecule has 6 nitrogen and oxygen atoms in total. The van der Waals surface area contributed by atoms with Crippen LogP contribution in [0.1, 0.15) is 23.2 Å². The zero-order valence-electron chi connectivity index (χ0n) is 13.2. The number of hydrogen-bond donors (Lipinski definition) is 2. The van der Waals surface area contributed by atoms with Crippen molar-refractivity contribution in [2.24, 2.45) is 5.73 Å². The van der Waals surface area contributed by atoms with E-state index in [9.17, 15) is 14.7 Å². The molecule has 1 aliphatic heterocycles. The number of pyridine rings is 1. The van der Waals surface area contributed by atoms with E-state index in [0.29, 0.717) is 18.5 Å².